The summed E-state index contributed by atoms with van der Waals surface area (Å²) in [7, 11) is 1.67. The molecule has 0 saturated carbocycles. The smallest absolute Gasteiger partial charge is 0.243 e. The summed E-state index contributed by atoms with van der Waals surface area (Å²) >= 11 is 0. The zero-order valence-electron chi connectivity index (χ0n) is 10.4. The number of unbranched alkanes of at least 4 members (excludes halogenated alkanes) is 1. The second kappa shape index (κ2) is 6.25. The molecular weight excluding hydrogens is 216 g/mol. The van der Waals surface area contributed by atoms with Crippen LogP contribution in [-0.4, -0.2) is 24.1 Å². The number of nitrogens with zero attached hydrogens (tertiary/aromatic N) is 1. The second-order valence-corrected chi connectivity index (χ2v) is 4.17. The van der Waals surface area contributed by atoms with Gasteiger partial charge in [-0.05, 0) is 18.6 Å². The topological polar surface area (TPSA) is 66.6 Å². The number of hydrogen-bond acceptors (Lipinski definition) is 3. The lowest BCUT2D eigenvalue weighted by atomic mass is 10.1. The number of carbonyl (C=O) groups excluding carboxylic acids is 1. The van der Waals surface area contributed by atoms with Crippen LogP contribution in [0.1, 0.15) is 26.2 Å². The average Bonchev–Trinajstić information content (AvgIpc) is 2.34. The van der Waals surface area contributed by atoms with Crippen LogP contribution < -0.4 is 10.6 Å². The lowest BCUT2D eigenvalue weighted by Crippen LogP contribution is -2.41. The van der Waals surface area contributed by atoms with E-state index >= 15 is 0 Å². The molecule has 1 aromatic rings. The summed E-state index contributed by atoms with van der Waals surface area (Å²) in [6, 6.07) is 6.11. The summed E-state index contributed by atoms with van der Waals surface area (Å²) in [6.07, 6.45) is 2.66. The average molecular weight is 236 g/mol. The van der Waals surface area contributed by atoms with Crippen LogP contribution in [0.4, 0.5) is 5.69 Å². The molecule has 0 saturated heterocycles. The van der Waals surface area contributed by atoms with E-state index in [0.29, 0.717) is 12.1 Å². The molecule has 0 heterocycles. The van der Waals surface area contributed by atoms with E-state index in [1.165, 1.54) is 4.90 Å². The first-order valence-corrected chi connectivity index (χ1v) is 5.88. The van der Waals surface area contributed by atoms with Crippen molar-refractivity contribution in [1.82, 2.24) is 0 Å². The first-order valence-electron chi connectivity index (χ1n) is 5.88. The minimum absolute atomic E-state index is 0.121. The largest absolute Gasteiger partial charge is 0.508 e. The van der Waals surface area contributed by atoms with Gasteiger partial charge in [-0.1, -0.05) is 25.8 Å². The number of rotatable bonds is 5. The van der Waals surface area contributed by atoms with Gasteiger partial charge in [0, 0.05) is 18.8 Å². The van der Waals surface area contributed by atoms with Crippen molar-refractivity contribution in [2.24, 2.45) is 5.73 Å². The molecule has 0 aromatic heterocycles. The van der Waals surface area contributed by atoms with Gasteiger partial charge in [0.15, 0.2) is 0 Å². The highest BCUT2D eigenvalue weighted by Gasteiger charge is 2.18. The molecule has 4 heteroatoms. The molecule has 1 amide bonds. The van der Waals surface area contributed by atoms with Gasteiger partial charge in [0.05, 0.1) is 6.04 Å². The van der Waals surface area contributed by atoms with Crippen LogP contribution in [0.15, 0.2) is 24.3 Å². The molecule has 3 N–H and O–H groups in total. The number of anilines is 1. The molecule has 0 aliphatic rings. The van der Waals surface area contributed by atoms with Gasteiger partial charge in [0.25, 0.3) is 0 Å². The number of benzene rings is 1. The fourth-order valence-electron chi connectivity index (χ4n) is 1.63. The third kappa shape index (κ3) is 3.75. The van der Waals surface area contributed by atoms with E-state index in [0.717, 1.165) is 12.8 Å². The van der Waals surface area contributed by atoms with Crippen LogP contribution in [-0.2, 0) is 4.79 Å². The zero-order valence-corrected chi connectivity index (χ0v) is 10.4. The second-order valence-electron chi connectivity index (χ2n) is 4.17. The van der Waals surface area contributed by atoms with E-state index in [1.807, 2.05) is 0 Å². The van der Waals surface area contributed by atoms with E-state index in [2.05, 4.69) is 6.92 Å². The molecule has 94 valence electrons. The maximum atomic E-state index is 12.0. The third-order valence-electron chi connectivity index (χ3n) is 2.73. The first kappa shape index (κ1) is 13.5. The van der Waals surface area contributed by atoms with Crippen molar-refractivity contribution in [3.8, 4) is 5.75 Å². The predicted octanol–water partition coefficient (Wildman–Crippen LogP) is 1.87. The van der Waals surface area contributed by atoms with Crippen LogP contribution >= 0.6 is 0 Å². The molecule has 17 heavy (non-hydrogen) atoms. The maximum Gasteiger partial charge on any atom is 0.243 e. The quantitative estimate of drug-likeness (QED) is 0.820. The van der Waals surface area contributed by atoms with Crippen LogP contribution in [0.3, 0.4) is 0 Å². The van der Waals surface area contributed by atoms with Crippen molar-refractivity contribution in [3.63, 3.8) is 0 Å². The van der Waals surface area contributed by atoms with E-state index in [1.54, 1.807) is 31.3 Å². The van der Waals surface area contributed by atoms with E-state index in [9.17, 15) is 9.90 Å². The van der Waals surface area contributed by atoms with Gasteiger partial charge in [-0.3, -0.25) is 4.79 Å². The van der Waals surface area contributed by atoms with Crippen molar-refractivity contribution in [2.45, 2.75) is 32.2 Å². The van der Waals surface area contributed by atoms with E-state index in [-0.39, 0.29) is 11.7 Å². The van der Waals surface area contributed by atoms with E-state index in [4.69, 9.17) is 5.73 Å². The van der Waals surface area contributed by atoms with Crippen LogP contribution in [0.2, 0.25) is 0 Å². The number of aromatic hydroxyl groups is 1. The summed E-state index contributed by atoms with van der Waals surface area (Å²) in [5.41, 5.74) is 6.48. The minimum atomic E-state index is -0.470. The Hall–Kier alpha value is -1.55. The van der Waals surface area contributed by atoms with Gasteiger partial charge >= 0.3 is 0 Å². The van der Waals surface area contributed by atoms with Crippen molar-refractivity contribution in [2.75, 3.05) is 11.9 Å². The molecule has 1 rings (SSSR count). The minimum Gasteiger partial charge on any atom is -0.508 e. The molecule has 1 aromatic carbocycles. The number of carbonyl (C=O) groups is 1. The van der Waals surface area contributed by atoms with Gasteiger partial charge in [0.1, 0.15) is 5.75 Å². The Balaban J connectivity index is 2.69. The summed E-state index contributed by atoms with van der Waals surface area (Å²) in [5, 5.41) is 9.35. The van der Waals surface area contributed by atoms with Crippen LogP contribution in [0.25, 0.3) is 0 Å². The normalized spacial score (nSPS) is 12.2. The summed E-state index contributed by atoms with van der Waals surface area (Å²) in [4.78, 5) is 13.5. The van der Waals surface area contributed by atoms with Gasteiger partial charge in [-0.15, -0.1) is 0 Å². The standard InChI is InChI=1S/C13H20N2O2/c1-3-4-8-12(14)13(17)15(2)10-6-5-7-11(16)9-10/h5-7,9,12,16H,3-4,8,14H2,1-2H3. The van der Waals surface area contributed by atoms with Crippen molar-refractivity contribution >= 4 is 11.6 Å². The van der Waals surface area contributed by atoms with Gasteiger partial charge in [-0.25, -0.2) is 0 Å². The molecule has 1 atom stereocenters. The molecule has 1 unspecified atom stereocenters. The molecule has 0 spiro atoms. The van der Waals surface area contributed by atoms with Crippen molar-refractivity contribution < 1.29 is 9.90 Å². The molecule has 4 nitrogen and oxygen atoms in total. The highest BCUT2D eigenvalue weighted by molar-refractivity contribution is 5.96. The molecule has 0 radical (unpaired) electrons. The zero-order chi connectivity index (χ0) is 12.8. The fraction of sp³-hybridized carbons (Fsp3) is 0.462. The predicted molar refractivity (Wildman–Crippen MR) is 69.0 cm³/mol. The number of phenols is 1. The first-order chi connectivity index (χ1) is 8.06. The fourth-order valence-corrected chi connectivity index (χ4v) is 1.63. The number of nitrogens with two attached hydrogens (primary N) is 1. The van der Waals surface area contributed by atoms with Gasteiger partial charge in [0.2, 0.25) is 5.91 Å². The molecule has 0 aliphatic heterocycles. The highest BCUT2D eigenvalue weighted by atomic mass is 16.3. The molecule has 0 bridgehead atoms. The Morgan fingerprint density at radius 1 is 1.53 bits per heavy atom. The monoisotopic (exact) mass is 236 g/mol. The maximum absolute atomic E-state index is 12.0. The lowest BCUT2D eigenvalue weighted by Gasteiger charge is -2.21. The summed E-state index contributed by atoms with van der Waals surface area (Å²) < 4.78 is 0. The number of amides is 1. The Bertz CT molecular complexity index is 379. The Morgan fingerprint density at radius 2 is 2.24 bits per heavy atom. The van der Waals surface area contributed by atoms with Crippen LogP contribution in [0, 0.1) is 0 Å². The van der Waals surface area contributed by atoms with Gasteiger partial charge in [-0.2, -0.15) is 0 Å². The Morgan fingerprint density at radius 3 is 2.82 bits per heavy atom. The third-order valence-corrected chi connectivity index (χ3v) is 2.73. The SMILES string of the molecule is CCCCC(N)C(=O)N(C)c1cccc(O)c1. The summed E-state index contributed by atoms with van der Waals surface area (Å²) in [6.45, 7) is 2.07. The summed E-state index contributed by atoms with van der Waals surface area (Å²) in [5.74, 6) is 0.0216. The van der Waals surface area contributed by atoms with Crippen LogP contribution in [0.5, 0.6) is 5.75 Å². The number of likely N-dealkylation sites (N-methyl/N-ethyl adjacent to an activating group) is 1. The number of hydrogen-bond donors (Lipinski definition) is 2. The molecule has 0 fully saturated rings. The van der Waals surface area contributed by atoms with Crippen molar-refractivity contribution in [1.29, 1.82) is 0 Å². The molecular formula is C13H20N2O2. The Kier molecular flexibility index (Phi) is 4.97. The molecule has 0 aliphatic carbocycles. The lowest BCUT2D eigenvalue weighted by molar-refractivity contribution is -0.119. The number of phenolic OH excluding ortho intramolecular Hbond substituents is 1. The van der Waals surface area contributed by atoms with Crippen molar-refractivity contribution in [3.05, 3.63) is 24.3 Å². The highest BCUT2D eigenvalue weighted by Crippen LogP contribution is 2.19. The Labute approximate surface area is 102 Å². The van der Waals surface area contributed by atoms with E-state index < -0.39 is 6.04 Å². The van der Waals surface area contributed by atoms with Gasteiger partial charge < -0.3 is 15.7 Å².